The van der Waals surface area contributed by atoms with Crippen LogP contribution in [0.4, 0.5) is 0 Å². The van der Waals surface area contributed by atoms with Crippen molar-refractivity contribution in [2.75, 3.05) is 32.8 Å². The average molecular weight is 510 g/mol. The standard InChI is InChI=1S/C27H35N5O5/c1-3-37-27(36)21-6-4-13-30(18-21)24(33)11-12-28-25(34)22-16-23-26(35)31(14-5-15-32(23)29-22)17-20-9-7-19(2)8-10-20/h7-10,16,21H,3-6,11-15,17-18H2,1-2H3,(H,28,34). The molecule has 1 fully saturated rings. The molecule has 4 rings (SSSR count). The number of hydrogen-bond acceptors (Lipinski definition) is 6. The van der Waals surface area contributed by atoms with Gasteiger partial charge in [-0.15, -0.1) is 0 Å². The topological polar surface area (TPSA) is 114 Å². The summed E-state index contributed by atoms with van der Waals surface area (Å²) in [6.45, 7) is 6.87. The monoisotopic (exact) mass is 509 g/mol. The first-order valence-electron chi connectivity index (χ1n) is 13.0. The molecule has 3 heterocycles. The van der Waals surface area contributed by atoms with Crippen LogP contribution in [0, 0.1) is 12.8 Å². The summed E-state index contributed by atoms with van der Waals surface area (Å²) in [5, 5.41) is 7.10. The first kappa shape index (κ1) is 26.4. The molecule has 0 spiro atoms. The van der Waals surface area contributed by atoms with Crippen LogP contribution in [0.2, 0.25) is 0 Å². The van der Waals surface area contributed by atoms with Crippen molar-refractivity contribution in [2.24, 2.45) is 5.92 Å². The van der Waals surface area contributed by atoms with E-state index in [9.17, 15) is 19.2 Å². The number of piperidine rings is 1. The van der Waals surface area contributed by atoms with E-state index in [-0.39, 0.29) is 42.4 Å². The smallest absolute Gasteiger partial charge is 0.310 e. The highest BCUT2D eigenvalue weighted by molar-refractivity contribution is 5.98. The molecule has 0 radical (unpaired) electrons. The van der Waals surface area contributed by atoms with E-state index in [0.717, 1.165) is 24.0 Å². The number of esters is 1. The number of benzene rings is 1. The lowest BCUT2D eigenvalue weighted by Crippen LogP contribution is -2.43. The second kappa shape index (κ2) is 12.0. The summed E-state index contributed by atoms with van der Waals surface area (Å²) < 4.78 is 6.69. The molecule has 2 aliphatic heterocycles. The zero-order chi connectivity index (χ0) is 26.4. The van der Waals surface area contributed by atoms with E-state index in [1.54, 1.807) is 21.4 Å². The van der Waals surface area contributed by atoms with Crippen LogP contribution in [0.15, 0.2) is 30.3 Å². The predicted octanol–water partition coefficient (Wildman–Crippen LogP) is 2.16. The number of carbonyl (C=O) groups is 4. The number of hydrogen-bond donors (Lipinski definition) is 1. The average Bonchev–Trinajstić information content (AvgIpc) is 3.27. The van der Waals surface area contributed by atoms with Crippen molar-refractivity contribution in [1.82, 2.24) is 24.9 Å². The maximum Gasteiger partial charge on any atom is 0.310 e. The Morgan fingerprint density at radius 3 is 2.65 bits per heavy atom. The van der Waals surface area contributed by atoms with Gasteiger partial charge >= 0.3 is 5.97 Å². The number of carbonyl (C=O) groups excluding carboxylic acids is 4. The lowest BCUT2D eigenvalue weighted by Gasteiger charge is -2.31. The first-order valence-corrected chi connectivity index (χ1v) is 13.0. The van der Waals surface area contributed by atoms with E-state index in [4.69, 9.17) is 4.74 Å². The van der Waals surface area contributed by atoms with Crippen LogP contribution in [0.3, 0.4) is 0 Å². The van der Waals surface area contributed by atoms with Crippen LogP contribution < -0.4 is 5.32 Å². The van der Waals surface area contributed by atoms with Crippen molar-refractivity contribution >= 4 is 23.7 Å². The number of amides is 3. The number of nitrogens with one attached hydrogen (secondary N) is 1. The Morgan fingerprint density at radius 2 is 1.89 bits per heavy atom. The fraction of sp³-hybridized carbons (Fsp3) is 0.519. The molecule has 1 unspecified atom stereocenters. The second-order valence-electron chi connectivity index (χ2n) is 9.64. The molecule has 3 amide bonds. The molecule has 10 nitrogen and oxygen atoms in total. The molecule has 37 heavy (non-hydrogen) atoms. The van der Waals surface area contributed by atoms with Gasteiger partial charge in [0.2, 0.25) is 5.91 Å². The molecule has 10 heteroatoms. The van der Waals surface area contributed by atoms with E-state index in [2.05, 4.69) is 10.4 Å². The van der Waals surface area contributed by atoms with Crippen molar-refractivity contribution in [3.8, 4) is 0 Å². The summed E-state index contributed by atoms with van der Waals surface area (Å²) in [7, 11) is 0. The Hall–Kier alpha value is -3.69. The van der Waals surface area contributed by atoms with Crippen LogP contribution >= 0.6 is 0 Å². The minimum absolute atomic E-state index is 0.114. The van der Waals surface area contributed by atoms with Crippen molar-refractivity contribution in [2.45, 2.75) is 52.6 Å². The van der Waals surface area contributed by atoms with Crippen molar-refractivity contribution in [3.05, 3.63) is 52.8 Å². The minimum Gasteiger partial charge on any atom is -0.466 e. The van der Waals surface area contributed by atoms with Crippen LogP contribution in [-0.2, 0) is 27.4 Å². The third-order valence-electron chi connectivity index (χ3n) is 6.83. The third kappa shape index (κ3) is 6.55. The van der Waals surface area contributed by atoms with Gasteiger partial charge in [0.05, 0.1) is 12.5 Å². The quantitative estimate of drug-likeness (QED) is 0.546. The van der Waals surface area contributed by atoms with Gasteiger partial charge in [-0.2, -0.15) is 5.10 Å². The van der Waals surface area contributed by atoms with Crippen LogP contribution in [0.25, 0.3) is 0 Å². The molecule has 1 atom stereocenters. The molecule has 1 N–H and O–H groups in total. The molecule has 0 aliphatic carbocycles. The Balaban J connectivity index is 1.30. The van der Waals surface area contributed by atoms with E-state index < -0.39 is 5.91 Å². The lowest BCUT2D eigenvalue weighted by atomic mass is 9.98. The van der Waals surface area contributed by atoms with Crippen molar-refractivity contribution < 1.29 is 23.9 Å². The molecule has 1 saturated heterocycles. The number of rotatable bonds is 8. The largest absolute Gasteiger partial charge is 0.466 e. The third-order valence-corrected chi connectivity index (χ3v) is 6.83. The Kier molecular flexibility index (Phi) is 8.58. The first-order chi connectivity index (χ1) is 17.9. The number of likely N-dealkylation sites (tertiary alicyclic amines) is 1. The zero-order valence-corrected chi connectivity index (χ0v) is 21.6. The van der Waals surface area contributed by atoms with Crippen LogP contribution in [0.1, 0.15) is 64.7 Å². The number of aryl methyl sites for hydroxylation is 2. The predicted molar refractivity (Wildman–Crippen MR) is 136 cm³/mol. The molecular weight excluding hydrogens is 474 g/mol. The number of ether oxygens (including phenoxy) is 1. The highest BCUT2D eigenvalue weighted by Gasteiger charge is 2.30. The highest BCUT2D eigenvalue weighted by atomic mass is 16.5. The van der Waals surface area contributed by atoms with Gasteiger partial charge in [0.15, 0.2) is 5.69 Å². The maximum atomic E-state index is 13.2. The maximum absolute atomic E-state index is 13.2. The molecule has 0 bridgehead atoms. The van der Waals surface area contributed by atoms with E-state index in [0.29, 0.717) is 51.4 Å². The van der Waals surface area contributed by atoms with Gasteiger partial charge < -0.3 is 19.9 Å². The summed E-state index contributed by atoms with van der Waals surface area (Å²) >= 11 is 0. The molecule has 1 aromatic heterocycles. The molecule has 0 saturated carbocycles. The van der Waals surface area contributed by atoms with Crippen molar-refractivity contribution in [3.63, 3.8) is 0 Å². The van der Waals surface area contributed by atoms with Gasteiger partial charge in [0.1, 0.15) is 5.69 Å². The fourth-order valence-corrected chi connectivity index (χ4v) is 4.80. The lowest BCUT2D eigenvalue weighted by molar-refractivity contribution is -0.151. The number of aromatic nitrogens is 2. The molecule has 2 aromatic rings. The van der Waals surface area contributed by atoms with E-state index >= 15 is 0 Å². The molecular formula is C27H35N5O5. The Labute approximate surface area is 216 Å². The second-order valence-corrected chi connectivity index (χ2v) is 9.64. The zero-order valence-electron chi connectivity index (χ0n) is 21.6. The normalized spacial score (nSPS) is 17.7. The summed E-state index contributed by atoms with van der Waals surface area (Å²) in [5.41, 5.74) is 2.77. The summed E-state index contributed by atoms with van der Waals surface area (Å²) in [6, 6.07) is 9.62. The Morgan fingerprint density at radius 1 is 1.11 bits per heavy atom. The molecule has 1 aromatic carbocycles. The van der Waals surface area contributed by atoms with E-state index in [1.165, 1.54) is 6.07 Å². The fourth-order valence-electron chi connectivity index (χ4n) is 4.80. The van der Waals surface area contributed by atoms with Gasteiger partial charge in [-0.3, -0.25) is 23.9 Å². The van der Waals surface area contributed by atoms with Crippen LogP contribution in [0.5, 0.6) is 0 Å². The summed E-state index contributed by atoms with van der Waals surface area (Å²) in [5.74, 6) is -1.25. The van der Waals surface area contributed by atoms with Gasteiger partial charge in [-0.1, -0.05) is 29.8 Å². The highest BCUT2D eigenvalue weighted by Crippen LogP contribution is 2.19. The van der Waals surface area contributed by atoms with Gasteiger partial charge in [-0.25, -0.2) is 0 Å². The molecule has 198 valence electrons. The Bertz CT molecular complexity index is 1140. The number of fused-ring (bicyclic) bond motifs is 1. The van der Waals surface area contributed by atoms with Crippen LogP contribution in [-0.4, -0.2) is 76.1 Å². The SMILES string of the molecule is CCOC(=O)C1CCCN(C(=O)CCNC(=O)c2cc3n(n2)CCCN(Cc2ccc(C)cc2)C3=O)C1. The van der Waals surface area contributed by atoms with Gasteiger partial charge in [0, 0.05) is 51.8 Å². The van der Waals surface area contributed by atoms with E-state index in [1.807, 2.05) is 31.2 Å². The van der Waals surface area contributed by atoms with Gasteiger partial charge in [-0.05, 0) is 38.7 Å². The summed E-state index contributed by atoms with van der Waals surface area (Å²) in [6.07, 6.45) is 2.32. The molecule has 2 aliphatic rings. The summed E-state index contributed by atoms with van der Waals surface area (Å²) in [4.78, 5) is 54.0. The number of nitrogens with zero attached hydrogens (tertiary/aromatic N) is 4. The van der Waals surface area contributed by atoms with Gasteiger partial charge in [0.25, 0.3) is 11.8 Å². The van der Waals surface area contributed by atoms with Crippen molar-refractivity contribution in [1.29, 1.82) is 0 Å². The minimum atomic E-state index is -0.422.